The van der Waals surface area contributed by atoms with E-state index in [9.17, 15) is 9.59 Å². The zero-order valence-electron chi connectivity index (χ0n) is 16.9. The number of nitrogens with one attached hydrogen (secondary N) is 1. The Morgan fingerprint density at radius 3 is 2.52 bits per heavy atom. The van der Waals surface area contributed by atoms with Crippen LogP contribution >= 0.6 is 0 Å². The third kappa shape index (κ3) is 4.01. The van der Waals surface area contributed by atoms with Crippen LogP contribution in [0.2, 0.25) is 0 Å². The largest absolute Gasteiger partial charge is 0.466 e. The van der Waals surface area contributed by atoms with Crippen LogP contribution in [0.1, 0.15) is 0 Å². The second kappa shape index (κ2) is 8.76. The highest BCUT2D eigenvalue weighted by Gasteiger charge is 2.32. The first kappa shape index (κ1) is 20.2. The number of hydrogen-bond acceptors (Lipinski definition) is 9. The summed E-state index contributed by atoms with van der Waals surface area (Å²) < 4.78 is 15.1. The molecule has 0 atom stereocenters. The summed E-state index contributed by atoms with van der Waals surface area (Å²) in [6.45, 7) is 0.0403. The van der Waals surface area contributed by atoms with E-state index in [1.54, 1.807) is 29.4 Å². The molecule has 3 heterocycles. The Bertz CT molecular complexity index is 1120. The molecule has 1 aliphatic heterocycles. The molecule has 158 valence electrons. The normalized spacial score (nSPS) is 13.8. The van der Waals surface area contributed by atoms with Gasteiger partial charge >= 0.3 is 11.9 Å². The molecule has 1 aliphatic rings. The van der Waals surface area contributed by atoms with Crippen molar-refractivity contribution < 1.29 is 23.8 Å². The number of anilines is 1. The van der Waals surface area contributed by atoms with Crippen LogP contribution in [0.5, 0.6) is 0 Å². The van der Waals surface area contributed by atoms with E-state index in [4.69, 9.17) is 14.2 Å². The van der Waals surface area contributed by atoms with Gasteiger partial charge in [0.2, 0.25) is 0 Å². The van der Waals surface area contributed by atoms with Crippen molar-refractivity contribution in [1.29, 1.82) is 0 Å². The minimum atomic E-state index is -0.649. The summed E-state index contributed by atoms with van der Waals surface area (Å²) in [5.41, 5.74) is 2.42. The molecule has 0 saturated carbocycles. The van der Waals surface area contributed by atoms with Gasteiger partial charge in [-0.05, 0) is 36.4 Å². The van der Waals surface area contributed by atoms with Gasteiger partial charge in [0, 0.05) is 29.2 Å². The third-order valence-electron chi connectivity index (χ3n) is 4.69. The molecule has 1 aromatic carbocycles. The van der Waals surface area contributed by atoms with Gasteiger partial charge in [0.15, 0.2) is 11.6 Å². The molecule has 3 aromatic rings. The summed E-state index contributed by atoms with van der Waals surface area (Å²) >= 11 is 0. The van der Waals surface area contributed by atoms with Crippen LogP contribution in [-0.2, 0) is 23.8 Å². The highest BCUT2D eigenvalue weighted by Crippen LogP contribution is 2.28. The first-order valence-corrected chi connectivity index (χ1v) is 9.30. The molecule has 0 amide bonds. The van der Waals surface area contributed by atoms with Gasteiger partial charge in [-0.15, -0.1) is 0 Å². The van der Waals surface area contributed by atoms with Crippen LogP contribution in [0.3, 0.4) is 0 Å². The second-order valence-electron chi connectivity index (χ2n) is 6.51. The molecular weight excluding hydrogens is 402 g/mol. The number of nitrogens with zero attached hydrogens (tertiary/aromatic N) is 4. The van der Waals surface area contributed by atoms with Gasteiger partial charge in [-0.3, -0.25) is 10.1 Å². The fourth-order valence-corrected chi connectivity index (χ4v) is 3.16. The standard InChI is InChI=1S/C21H19N5O5/c1-29-20(27)16-11-31-12-26(17(16)21(28)30-2)15-7-5-13(6-8-15)18-23-19(25-24-18)14-4-3-9-22-10-14/h3-10H,11-12H2,1-2H3,(H,23,24,25). The Kier molecular flexibility index (Phi) is 5.72. The van der Waals surface area contributed by atoms with Crippen LogP contribution in [0.4, 0.5) is 5.69 Å². The molecule has 0 unspecified atom stereocenters. The molecule has 10 heteroatoms. The maximum atomic E-state index is 12.4. The van der Waals surface area contributed by atoms with Gasteiger partial charge in [-0.1, -0.05) is 0 Å². The molecule has 0 aliphatic carbocycles. The Morgan fingerprint density at radius 2 is 1.84 bits per heavy atom. The van der Waals surface area contributed by atoms with Crippen molar-refractivity contribution in [2.45, 2.75) is 0 Å². The average Bonchev–Trinajstić information content (AvgIpc) is 3.33. The summed E-state index contributed by atoms with van der Waals surface area (Å²) in [5, 5.41) is 7.15. The first-order valence-electron chi connectivity index (χ1n) is 9.30. The van der Waals surface area contributed by atoms with E-state index >= 15 is 0 Å². The summed E-state index contributed by atoms with van der Waals surface area (Å²) in [5.74, 6) is -0.176. The molecule has 0 bridgehead atoms. The smallest absolute Gasteiger partial charge is 0.355 e. The average molecular weight is 421 g/mol. The quantitative estimate of drug-likeness (QED) is 0.616. The maximum absolute atomic E-state index is 12.4. The minimum absolute atomic E-state index is 0.0408. The number of ether oxygens (including phenoxy) is 3. The fourth-order valence-electron chi connectivity index (χ4n) is 3.16. The Morgan fingerprint density at radius 1 is 1.06 bits per heavy atom. The lowest BCUT2D eigenvalue weighted by Gasteiger charge is -2.31. The number of esters is 2. The predicted octanol–water partition coefficient (Wildman–Crippen LogP) is 1.93. The van der Waals surface area contributed by atoms with Gasteiger partial charge in [-0.2, -0.15) is 5.10 Å². The van der Waals surface area contributed by atoms with Crippen LogP contribution in [0, 0.1) is 0 Å². The van der Waals surface area contributed by atoms with E-state index in [1.165, 1.54) is 14.2 Å². The van der Waals surface area contributed by atoms with Crippen LogP contribution in [0.25, 0.3) is 22.8 Å². The topological polar surface area (TPSA) is 120 Å². The van der Waals surface area contributed by atoms with E-state index in [2.05, 4.69) is 20.2 Å². The molecule has 31 heavy (non-hydrogen) atoms. The first-order chi connectivity index (χ1) is 15.1. The van der Waals surface area contributed by atoms with Gasteiger partial charge in [0.05, 0.1) is 26.4 Å². The fraction of sp³-hybridized carbons (Fsp3) is 0.190. The van der Waals surface area contributed by atoms with Crippen molar-refractivity contribution in [2.75, 3.05) is 32.5 Å². The number of methoxy groups -OCH3 is 2. The molecule has 10 nitrogen and oxygen atoms in total. The highest BCUT2D eigenvalue weighted by atomic mass is 16.5. The summed E-state index contributed by atoms with van der Waals surface area (Å²) in [7, 11) is 2.50. The molecule has 4 rings (SSSR count). The number of pyridine rings is 1. The SMILES string of the molecule is COC(=O)C1=C(C(=O)OC)N(c2ccc(-c3nc(-c4cccnc4)n[nH]3)cc2)COC1. The van der Waals surface area contributed by atoms with E-state index in [-0.39, 0.29) is 24.6 Å². The molecule has 0 spiro atoms. The molecule has 1 N–H and O–H groups in total. The highest BCUT2D eigenvalue weighted by molar-refractivity contribution is 6.03. The Balaban J connectivity index is 1.64. The number of carbonyl (C=O) groups is 2. The minimum Gasteiger partial charge on any atom is -0.466 e. The van der Waals surface area contributed by atoms with Crippen LogP contribution in [0.15, 0.2) is 60.1 Å². The maximum Gasteiger partial charge on any atom is 0.355 e. The van der Waals surface area contributed by atoms with Crippen molar-refractivity contribution >= 4 is 17.6 Å². The molecule has 2 aromatic heterocycles. The Hall–Kier alpha value is -4.05. The second-order valence-corrected chi connectivity index (χ2v) is 6.51. The Labute approximate surface area is 177 Å². The third-order valence-corrected chi connectivity index (χ3v) is 4.69. The number of hydrogen-bond donors (Lipinski definition) is 1. The monoisotopic (exact) mass is 421 g/mol. The molecule has 0 radical (unpaired) electrons. The molecular formula is C21H19N5O5. The van der Waals surface area contributed by atoms with Crippen molar-refractivity contribution in [3.05, 3.63) is 60.1 Å². The predicted molar refractivity (Wildman–Crippen MR) is 109 cm³/mol. The molecule has 0 saturated heterocycles. The van der Waals surface area contributed by atoms with E-state index < -0.39 is 11.9 Å². The molecule has 0 fully saturated rings. The summed E-state index contributed by atoms with van der Waals surface area (Å²) in [6, 6.07) is 10.9. The summed E-state index contributed by atoms with van der Waals surface area (Å²) in [4.78, 5) is 34.6. The van der Waals surface area contributed by atoms with E-state index in [1.807, 2.05) is 24.3 Å². The van der Waals surface area contributed by atoms with Gasteiger partial charge < -0.3 is 19.1 Å². The number of rotatable bonds is 5. The van der Waals surface area contributed by atoms with Gasteiger partial charge in [0.1, 0.15) is 12.4 Å². The van der Waals surface area contributed by atoms with Gasteiger partial charge in [0.25, 0.3) is 0 Å². The lowest BCUT2D eigenvalue weighted by atomic mass is 10.1. The lowest BCUT2D eigenvalue weighted by molar-refractivity contribution is -0.140. The summed E-state index contributed by atoms with van der Waals surface area (Å²) in [6.07, 6.45) is 3.37. The van der Waals surface area contributed by atoms with Crippen LogP contribution < -0.4 is 4.90 Å². The lowest BCUT2D eigenvalue weighted by Crippen LogP contribution is -2.38. The van der Waals surface area contributed by atoms with E-state index in [0.717, 1.165) is 11.1 Å². The number of aromatic nitrogens is 4. The van der Waals surface area contributed by atoms with Gasteiger partial charge in [-0.25, -0.2) is 14.6 Å². The number of benzene rings is 1. The van der Waals surface area contributed by atoms with Crippen LogP contribution in [-0.4, -0.2) is 59.7 Å². The van der Waals surface area contributed by atoms with Crippen molar-refractivity contribution in [2.24, 2.45) is 0 Å². The van der Waals surface area contributed by atoms with E-state index in [0.29, 0.717) is 17.3 Å². The van der Waals surface area contributed by atoms with Crippen molar-refractivity contribution in [1.82, 2.24) is 20.2 Å². The number of aromatic amines is 1. The number of H-pyrrole nitrogens is 1. The zero-order chi connectivity index (χ0) is 21.8. The number of carbonyl (C=O) groups excluding carboxylic acids is 2. The van der Waals surface area contributed by atoms with Crippen molar-refractivity contribution in [3.63, 3.8) is 0 Å². The van der Waals surface area contributed by atoms with Crippen molar-refractivity contribution in [3.8, 4) is 22.8 Å². The zero-order valence-corrected chi connectivity index (χ0v) is 16.9.